The molecule has 0 bridgehead atoms. The van der Waals surface area contributed by atoms with Gasteiger partial charge < -0.3 is 19.5 Å². The van der Waals surface area contributed by atoms with Crippen molar-refractivity contribution in [1.82, 2.24) is 9.99 Å². The summed E-state index contributed by atoms with van der Waals surface area (Å²) in [6.45, 7) is 11.5. The highest BCUT2D eigenvalue weighted by atomic mass is 19.1. The number of methoxy groups -OCH3 is 1. The second-order valence-corrected chi connectivity index (χ2v) is 10.2. The maximum absolute atomic E-state index is 14.3. The molecule has 12 heteroatoms. The minimum Gasteiger partial charge on any atom is -0.482 e. The molecule has 0 atom stereocenters. The van der Waals surface area contributed by atoms with Crippen LogP contribution < -0.4 is 20.5 Å². The summed E-state index contributed by atoms with van der Waals surface area (Å²) < 4.78 is 59.3. The normalized spacial score (nSPS) is 11.0. The number of carbonyl (C=O) groups is 2. The third-order valence-electron chi connectivity index (χ3n) is 5.83. The first-order valence-electron chi connectivity index (χ1n) is 13.0. The van der Waals surface area contributed by atoms with Crippen molar-refractivity contribution in [2.45, 2.75) is 39.5 Å². The van der Waals surface area contributed by atoms with Gasteiger partial charge in [-0.15, -0.1) is 6.58 Å². The van der Waals surface area contributed by atoms with Crippen molar-refractivity contribution >= 4 is 17.8 Å². The van der Waals surface area contributed by atoms with Crippen LogP contribution in [0.25, 0.3) is 5.70 Å². The van der Waals surface area contributed by atoms with E-state index in [2.05, 4.69) is 18.5 Å². The minimum absolute atomic E-state index is 0.148. The van der Waals surface area contributed by atoms with Gasteiger partial charge in [-0.1, -0.05) is 43.0 Å². The summed E-state index contributed by atoms with van der Waals surface area (Å²) in [5, 5.41) is 3.63. The van der Waals surface area contributed by atoms with Crippen LogP contribution in [0, 0.1) is 17.5 Å². The lowest BCUT2D eigenvalue weighted by molar-refractivity contribution is 0.0526. The molecule has 0 radical (unpaired) electrons. The summed E-state index contributed by atoms with van der Waals surface area (Å²) in [4.78, 5) is 40.2. The van der Waals surface area contributed by atoms with Gasteiger partial charge in [-0.25, -0.2) is 32.4 Å². The van der Waals surface area contributed by atoms with Gasteiger partial charge >= 0.3 is 12.1 Å². The summed E-state index contributed by atoms with van der Waals surface area (Å²) in [5.74, 6) is -4.90. The van der Waals surface area contributed by atoms with Gasteiger partial charge in [0, 0.05) is 36.1 Å². The van der Waals surface area contributed by atoms with Crippen LogP contribution >= 0.6 is 0 Å². The number of carbonyl (C=O) groups excluding carboxylic acids is 2. The Hall–Kier alpha value is -5.00. The molecular weight excluding hydrogens is 567 g/mol. The van der Waals surface area contributed by atoms with Gasteiger partial charge in [0.2, 0.25) is 11.2 Å². The first kappa shape index (κ1) is 32.5. The molecule has 43 heavy (non-hydrogen) atoms. The molecule has 0 saturated heterocycles. The summed E-state index contributed by atoms with van der Waals surface area (Å²) in [6, 6.07) is 9.79. The highest BCUT2D eigenvalue weighted by Gasteiger charge is 2.31. The van der Waals surface area contributed by atoms with E-state index in [0.717, 1.165) is 23.0 Å². The molecule has 9 nitrogen and oxygen atoms in total. The van der Waals surface area contributed by atoms with Gasteiger partial charge in [0.1, 0.15) is 29.7 Å². The van der Waals surface area contributed by atoms with E-state index in [1.165, 1.54) is 6.08 Å². The van der Waals surface area contributed by atoms with Crippen molar-refractivity contribution in [1.29, 1.82) is 0 Å². The Bertz CT molecular complexity index is 1560. The number of ether oxygens (including phenoxy) is 3. The third-order valence-corrected chi connectivity index (χ3v) is 5.83. The zero-order valence-electron chi connectivity index (χ0n) is 24.2. The number of hydrogen-bond donors (Lipinski definition) is 1. The smallest absolute Gasteiger partial charge is 0.429 e. The molecule has 1 N–H and O–H groups in total. The molecule has 228 valence electrons. The maximum Gasteiger partial charge on any atom is 0.429 e. The van der Waals surface area contributed by atoms with Crippen LogP contribution in [0.3, 0.4) is 0 Å². The summed E-state index contributed by atoms with van der Waals surface area (Å²) in [7, 11) is 1.09. The number of hydrogen-bond acceptors (Lipinski definition) is 7. The molecular formula is C31H32F3N3O6. The van der Waals surface area contributed by atoms with E-state index in [1.54, 1.807) is 51.1 Å². The first-order chi connectivity index (χ1) is 20.3. The van der Waals surface area contributed by atoms with Crippen LogP contribution in [0.5, 0.6) is 5.75 Å². The first-order valence-corrected chi connectivity index (χ1v) is 13.0. The number of pyridine rings is 1. The second-order valence-electron chi connectivity index (χ2n) is 10.2. The molecule has 2 aromatic carbocycles. The lowest BCUT2D eigenvalue weighted by Crippen LogP contribution is -2.46. The lowest BCUT2D eigenvalue weighted by Gasteiger charge is -2.30. The number of nitrogens with zero attached hydrogens (tertiary/aromatic N) is 2. The van der Waals surface area contributed by atoms with Crippen molar-refractivity contribution in [3.8, 4) is 5.75 Å². The Kier molecular flexibility index (Phi) is 10.4. The predicted octanol–water partition coefficient (Wildman–Crippen LogP) is 5.45. The highest BCUT2D eigenvalue weighted by molar-refractivity contribution is 5.92. The molecule has 0 unspecified atom stereocenters. The quantitative estimate of drug-likeness (QED) is 0.231. The summed E-state index contributed by atoms with van der Waals surface area (Å²) in [6.07, 6.45) is 1.57. The Labute approximate surface area is 246 Å². The molecule has 0 aliphatic carbocycles. The summed E-state index contributed by atoms with van der Waals surface area (Å²) in [5.41, 5.74) is -2.44. The fraction of sp³-hybridized carbons (Fsp3) is 0.258. The molecule has 1 heterocycles. The second kappa shape index (κ2) is 13.8. The molecule has 1 aromatic heterocycles. The lowest BCUT2D eigenvalue weighted by atomic mass is 10.1. The van der Waals surface area contributed by atoms with E-state index in [1.807, 2.05) is 0 Å². The molecule has 0 spiro atoms. The van der Waals surface area contributed by atoms with Gasteiger partial charge in [-0.2, -0.15) is 0 Å². The zero-order valence-corrected chi connectivity index (χ0v) is 24.2. The van der Waals surface area contributed by atoms with Crippen molar-refractivity contribution in [3.63, 3.8) is 0 Å². The molecule has 3 rings (SSSR count). The molecule has 1 amide bonds. The molecule has 0 saturated carbocycles. The number of esters is 1. The Balaban J connectivity index is 2.20. The van der Waals surface area contributed by atoms with Gasteiger partial charge in [0.25, 0.3) is 0 Å². The Morgan fingerprint density at radius 2 is 1.72 bits per heavy atom. The van der Waals surface area contributed by atoms with Crippen LogP contribution in [-0.4, -0.2) is 36.0 Å². The van der Waals surface area contributed by atoms with Crippen LogP contribution in [0.1, 0.15) is 48.0 Å². The monoisotopic (exact) mass is 599 g/mol. The van der Waals surface area contributed by atoms with E-state index >= 15 is 0 Å². The number of aromatic nitrogens is 1. The van der Waals surface area contributed by atoms with Gasteiger partial charge in [0.05, 0.1) is 19.2 Å². The van der Waals surface area contributed by atoms with E-state index in [9.17, 15) is 27.6 Å². The standard InChI is InChI=1S/C31H32F3N3O6/c1-7-13-36(30(40)43-31(3,4)5)37-17-23(19(2)35-16-22-24(33)14-21(32)15-25(22)34)27(38)28(26(37)29(39)41-6)42-18-20-11-9-8-10-12-20/h7-12,14-15,17,35H,1-2,13,16,18H2,3-6H3. The van der Waals surface area contributed by atoms with Crippen molar-refractivity contribution in [2.75, 3.05) is 18.7 Å². The van der Waals surface area contributed by atoms with Gasteiger partial charge in [-0.3, -0.25) is 4.79 Å². The van der Waals surface area contributed by atoms with E-state index < -0.39 is 64.1 Å². The van der Waals surface area contributed by atoms with Crippen LogP contribution in [0.2, 0.25) is 0 Å². The van der Waals surface area contributed by atoms with Crippen molar-refractivity contribution in [2.24, 2.45) is 0 Å². The van der Waals surface area contributed by atoms with Crippen LogP contribution in [0.4, 0.5) is 18.0 Å². The highest BCUT2D eigenvalue weighted by Crippen LogP contribution is 2.23. The van der Waals surface area contributed by atoms with Gasteiger partial charge in [0.15, 0.2) is 5.69 Å². The average Bonchev–Trinajstić information content (AvgIpc) is 2.93. The SMILES string of the molecule is C=CCN(C(=O)OC(C)(C)C)n1cc(C(=C)NCc2c(F)cc(F)cc2F)c(=O)c(OCc2ccccc2)c1C(=O)OC. The number of nitrogens with one attached hydrogen (secondary N) is 1. The Morgan fingerprint density at radius 1 is 1.09 bits per heavy atom. The minimum atomic E-state index is -1.15. The Morgan fingerprint density at radius 3 is 2.28 bits per heavy atom. The fourth-order valence-corrected chi connectivity index (χ4v) is 3.85. The average molecular weight is 600 g/mol. The predicted molar refractivity (Wildman–Crippen MR) is 155 cm³/mol. The fourth-order valence-electron chi connectivity index (χ4n) is 3.85. The molecule has 0 aliphatic rings. The number of amides is 1. The van der Waals surface area contributed by atoms with E-state index in [-0.39, 0.29) is 24.4 Å². The number of halogens is 3. The van der Waals surface area contributed by atoms with Crippen molar-refractivity contribution in [3.05, 3.63) is 118 Å². The molecule has 3 aromatic rings. The number of rotatable bonds is 11. The van der Waals surface area contributed by atoms with E-state index in [0.29, 0.717) is 17.7 Å². The van der Waals surface area contributed by atoms with Crippen LogP contribution in [0.15, 0.2) is 72.7 Å². The van der Waals surface area contributed by atoms with Crippen molar-refractivity contribution < 1.29 is 37.0 Å². The summed E-state index contributed by atoms with van der Waals surface area (Å²) >= 11 is 0. The molecule has 0 aliphatic heterocycles. The number of benzene rings is 2. The largest absolute Gasteiger partial charge is 0.482 e. The zero-order chi connectivity index (χ0) is 31.9. The maximum atomic E-state index is 14.3. The molecule has 0 fully saturated rings. The van der Waals surface area contributed by atoms with E-state index in [4.69, 9.17) is 14.2 Å². The van der Waals surface area contributed by atoms with Crippen LogP contribution in [-0.2, 0) is 22.6 Å². The topological polar surface area (TPSA) is 99.1 Å². The van der Waals surface area contributed by atoms with Gasteiger partial charge in [-0.05, 0) is 26.3 Å². The third kappa shape index (κ3) is 8.06.